The number of alkyl carbamates (subject to hydrolysis) is 1. The highest BCUT2D eigenvalue weighted by Crippen LogP contribution is 2.28. The van der Waals surface area contributed by atoms with Crippen molar-refractivity contribution in [2.75, 3.05) is 7.11 Å². The highest BCUT2D eigenvalue weighted by Gasteiger charge is 2.21. The maximum atomic E-state index is 13.3. The van der Waals surface area contributed by atoms with E-state index in [-0.39, 0.29) is 25.5 Å². The average Bonchev–Trinajstić information content (AvgIpc) is 3.30. The van der Waals surface area contributed by atoms with E-state index in [0.29, 0.717) is 11.3 Å². The van der Waals surface area contributed by atoms with E-state index in [9.17, 15) is 14.7 Å². The third-order valence-electron chi connectivity index (χ3n) is 6.14. The zero-order chi connectivity index (χ0) is 30.1. The summed E-state index contributed by atoms with van der Waals surface area (Å²) < 4.78 is 23.8. The summed E-state index contributed by atoms with van der Waals surface area (Å²) in [4.78, 5) is 26.1. The number of esters is 1. The highest BCUT2D eigenvalue weighted by molar-refractivity contribution is 6.00. The Hall–Kier alpha value is -4.60. The Bertz CT molecular complexity index is 1520. The molecule has 0 bridgehead atoms. The predicted molar refractivity (Wildman–Crippen MR) is 159 cm³/mol. The van der Waals surface area contributed by atoms with Gasteiger partial charge in [-0.3, -0.25) is 5.32 Å². The van der Waals surface area contributed by atoms with E-state index in [0.717, 1.165) is 22.0 Å². The second-order valence-electron chi connectivity index (χ2n) is 10.6. The molecule has 4 aromatic rings. The molecule has 3 aromatic carbocycles. The molecule has 0 saturated heterocycles. The Kier molecular flexibility index (Phi) is 10.0. The number of fused-ring (bicyclic) bond motifs is 1. The topological polar surface area (TPSA) is 108 Å². The normalized spacial score (nSPS) is 12.5. The summed E-state index contributed by atoms with van der Waals surface area (Å²) in [6.45, 7) is 5.76. The van der Waals surface area contributed by atoms with Crippen LogP contribution in [-0.4, -0.2) is 40.7 Å². The first-order chi connectivity index (χ1) is 20.1. The van der Waals surface area contributed by atoms with Crippen LogP contribution in [0, 0.1) is 0 Å². The Morgan fingerprint density at radius 3 is 2.14 bits per heavy atom. The Morgan fingerprint density at radius 2 is 1.55 bits per heavy atom. The van der Waals surface area contributed by atoms with Gasteiger partial charge in [-0.15, -0.1) is 0 Å². The molecule has 0 aliphatic carbocycles. The van der Waals surface area contributed by atoms with E-state index in [4.69, 9.17) is 18.9 Å². The summed E-state index contributed by atoms with van der Waals surface area (Å²) in [7, 11) is 1.56. The number of benzene rings is 3. The van der Waals surface area contributed by atoms with E-state index in [1.54, 1.807) is 19.4 Å². The minimum atomic E-state index is -1.08. The molecule has 9 nitrogen and oxygen atoms in total. The first kappa shape index (κ1) is 30.4. The molecule has 1 atom stereocenters. The highest BCUT2D eigenvalue weighted by atomic mass is 16.6. The molecule has 0 spiro atoms. The zero-order valence-corrected chi connectivity index (χ0v) is 24.2. The van der Waals surface area contributed by atoms with Crippen LogP contribution < -0.4 is 10.1 Å². The molecule has 4 rings (SSSR count). The number of rotatable bonds is 11. The van der Waals surface area contributed by atoms with Crippen molar-refractivity contribution in [3.05, 3.63) is 107 Å². The number of methoxy groups -OCH3 is 1. The lowest BCUT2D eigenvalue weighted by atomic mass is 10.1. The van der Waals surface area contributed by atoms with Gasteiger partial charge in [-0.2, -0.15) is 0 Å². The summed E-state index contributed by atoms with van der Waals surface area (Å²) >= 11 is 0. The quantitative estimate of drug-likeness (QED) is 0.133. The molecule has 1 unspecified atom stereocenters. The van der Waals surface area contributed by atoms with Crippen LogP contribution in [0.1, 0.15) is 37.5 Å². The molecule has 1 heterocycles. The third-order valence-corrected chi connectivity index (χ3v) is 6.14. The monoisotopic (exact) mass is 572 g/mol. The number of aromatic nitrogens is 1. The van der Waals surface area contributed by atoms with Gasteiger partial charge >= 0.3 is 12.1 Å². The molecule has 0 fully saturated rings. The number of ether oxygens (including phenoxy) is 4. The van der Waals surface area contributed by atoms with Crippen molar-refractivity contribution in [3.63, 3.8) is 0 Å². The van der Waals surface area contributed by atoms with Crippen molar-refractivity contribution >= 4 is 29.0 Å². The number of nitrogens with one attached hydrogen (secondary N) is 1. The number of carbonyl (C=O) groups excluding carboxylic acids is 2. The standard InChI is InChI=1S/C33H36N2O7/c1-33(2,3)42-30(36)20-35-19-25(27-18-26(39-4)15-16-29(27)35)17-28(31(37)40-21-23-11-7-5-8-12-23)34-32(38)41-22-24-13-9-6-10-14-24/h5-19,30,36H,20-22H2,1-4H3,(H,34,38)/b28-17+. The molecule has 1 amide bonds. The number of amides is 1. The number of hydrogen-bond donors (Lipinski definition) is 2. The minimum Gasteiger partial charge on any atom is -0.497 e. The molecule has 0 aliphatic rings. The molecule has 9 heteroatoms. The molecule has 2 N–H and O–H groups in total. The smallest absolute Gasteiger partial charge is 0.412 e. The predicted octanol–water partition coefficient (Wildman–Crippen LogP) is 5.79. The van der Waals surface area contributed by atoms with Gasteiger partial charge in [0.15, 0.2) is 6.29 Å². The van der Waals surface area contributed by atoms with Gasteiger partial charge < -0.3 is 28.6 Å². The van der Waals surface area contributed by atoms with Gasteiger partial charge in [-0.1, -0.05) is 60.7 Å². The van der Waals surface area contributed by atoms with Gasteiger partial charge in [0.2, 0.25) is 0 Å². The van der Waals surface area contributed by atoms with Crippen molar-refractivity contribution in [2.45, 2.75) is 52.4 Å². The molecule has 1 aromatic heterocycles. The van der Waals surface area contributed by atoms with Crippen LogP contribution in [0.2, 0.25) is 0 Å². The van der Waals surface area contributed by atoms with Crippen LogP contribution in [0.15, 0.2) is 90.8 Å². The van der Waals surface area contributed by atoms with Crippen LogP contribution in [0.5, 0.6) is 5.75 Å². The first-order valence-electron chi connectivity index (χ1n) is 13.5. The lowest BCUT2D eigenvalue weighted by molar-refractivity contribution is -0.171. The van der Waals surface area contributed by atoms with Gasteiger partial charge in [-0.05, 0) is 56.2 Å². The molecule has 42 heavy (non-hydrogen) atoms. The van der Waals surface area contributed by atoms with E-state index < -0.39 is 24.0 Å². The lowest BCUT2D eigenvalue weighted by Crippen LogP contribution is -2.30. The zero-order valence-electron chi connectivity index (χ0n) is 24.2. The lowest BCUT2D eigenvalue weighted by Gasteiger charge is -2.24. The summed E-state index contributed by atoms with van der Waals surface area (Å²) in [5.74, 6) is -0.139. The molecular weight excluding hydrogens is 536 g/mol. The fraction of sp³-hybridized carbons (Fsp3) is 0.273. The molecule has 0 aliphatic heterocycles. The van der Waals surface area contributed by atoms with Crippen molar-refractivity contribution in [1.82, 2.24) is 9.88 Å². The Labute approximate surface area is 245 Å². The van der Waals surface area contributed by atoms with E-state index in [1.807, 2.05) is 98.1 Å². The number of nitrogens with zero attached hydrogens (tertiary/aromatic N) is 1. The second-order valence-corrected chi connectivity index (χ2v) is 10.6. The van der Waals surface area contributed by atoms with Crippen molar-refractivity contribution < 1.29 is 33.6 Å². The van der Waals surface area contributed by atoms with Crippen LogP contribution in [0.25, 0.3) is 17.0 Å². The SMILES string of the molecule is COc1ccc2c(c1)c(/C=C(/NC(=O)OCc1ccccc1)C(=O)OCc1ccccc1)cn2CC(O)OC(C)(C)C. The van der Waals surface area contributed by atoms with Gasteiger partial charge in [0.05, 0.1) is 19.3 Å². The van der Waals surface area contributed by atoms with Crippen molar-refractivity contribution in [1.29, 1.82) is 0 Å². The number of hydrogen-bond acceptors (Lipinski definition) is 7. The Balaban J connectivity index is 1.65. The van der Waals surface area contributed by atoms with E-state index in [2.05, 4.69) is 5.32 Å². The summed E-state index contributed by atoms with van der Waals surface area (Å²) in [5.41, 5.74) is 2.29. The summed E-state index contributed by atoms with van der Waals surface area (Å²) in [5, 5.41) is 13.9. The van der Waals surface area contributed by atoms with Gasteiger partial charge in [0, 0.05) is 22.7 Å². The average molecular weight is 573 g/mol. The van der Waals surface area contributed by atoms with Crippen LogP contribution in [-0.2, 0) is 38.8 Å². The van der Waals surface area contributed by atoms with Crippen LogP contribution in [0.3, 0.4) is 0 Å². The van der Waals surface area contributed by atoms with E-state index in [1.165, 1.54) is 6.08 Å². The fourth-order valence-electron chi connectivity index (χ4n) is 4.28. The number of carbonyl (C=O) groups is 2. The molecule has 220 valence electrons. The fourth-order valence-corrected chi connectivity index (χ4v) is 4.28. The van der Waals surface area contributed by atoms with Crippen LogP contribution >= 0.6 is 0 Å². The van der Waals surface area contributed by atoms with Crippen molar-refractivity contribution in [3.8, 4) is 5.75 Å². The Morgan fingerprint density at radius 1 is 0.929 bits per heavy atom. The van der Waals surface area contributed by atoms with Crippen LogP contribution in [0.4, 0.5) is 4.79 Å². The molecule has 0 saturated carbocycles. The van der Waals surface area contributed by atoms with Gasteiger partial charge in [0.25, 0.3) is 0 Å². The molecular formula is C33H36N2O7. The van der Waals surface area contributed by atoms with Gasteiger partial charge in [0.1, 0.15) is 24.7 Å². The largest absolute Gasteiger partial charge is 0.497 e. The summed E-state index contributed by atoms with van der Waals surface area (Å²) in [6, 6.07) is 23.9. The maximum absolute atomic E-state index is 13.3. The summed E-state index contributed by atoms with van der Waals surface area (Å²) in [6.07, 6.45) is 1.39. The molecule has 0 radical (unpaired) electrons. The maximum Gasteiger partial charge on any atom is 0.412 e. The second kappa shape index (κ2) is 13.8. The minimum absolute atomic E-state index is 0.0175. The number of aliphatic hydroxyl groups excluding tert-OH is 1. The third kappa shape index (κ3) is 8.70. The first-order valence-corrected chi connectivity index (χ1v) is 13.5. The number of aliphatic hydroxyl groups is 1. The van der Waals surface area contributed by atoms with E-state index >= 15 is 0 Å². The van der Waals surface area contributed by atoms with Gasteiger partial charge in [-0.25, -0.2) is 9.59 Å². The van der Waals surface area contributed by atoms with Crippen molar-refractivity contribution in [2.24, 2.45) is 0 Å².